The van der Waals surface area contributed by atoms with Crippen molar-refractivity contribution in [2.24, 2.45) is 5.73 Å². The molecule has 2 rings (SSSR count). The molecular weight excluding hydrogens is 201 g/mol. The second-order valence-corrected chi connectivity index (χ2v) is 4.57. The third kappa shape index (κ3) is 1.77. The summed E-state index contributed by atoms with van der Waals surface area (Å²) in [5.41, 5.74) is 7.23. The van der Waals surface area contributed by atoms with Crippen LogP contribution in [0, 0.1) is 12.7 Å². The Balaban J connectivity index is 2.35. The van der Waals surface area contributed by atoms with Crippen LogP contribution in [0.5, 0.6) is 0 Å². The molecule has 0 aromatic heterocycles. The van der Waals surface area contributed by atoms with Gasteiger partial charge in [0.05, 0.1) is 0 Å². The van der Waals surface area contributed by atoms with Crippen molar-refractivity contribution >= 4 is 11.6 Å². The summed E-state index contributed by atoms with van der Waals surface area (Å²) in [6.45, 7) is 1.88. The number of hydrogen-bond donors (Lipinski definition) is 1. The van der Waals surface area contributed by atoms with Crippen LogP contribution >= 0.6 is 11.6 Å². The maximum absolute atomic E-state index is 13.4. The Bertz CT molecular complexity index is 372. The average molecular weight is 214 g/mol. The third-order valence-corrected chi connectivity index (χ3v) is 3.33. The lowest BCUT2D eigenvalue weighted by Crippen LogP contribution is -2.25. The SMILES string of the molecule is Cc1ccc(F)c(CC2(N)CC2)c1Cl. The summed E-state index contributed by atoms with van der Waals surface area (Å²) in [6, 6.07) is 3.15. The van der Waals surface area contributed by atoms with Gasteiger partial charge in [-0.05, 0) is 37.8 Å². The van der Waals surface area contributed by atoms with Crippen LogP contribution in [0.25, 0.3) is 0 Å². The summed E-state index contributed by atoms with van der Waals surface area (Å²) in [4.78, 5) is 0. The molecule has 1 aliphatic rings. The van der Waals surface area contributed by atoms with Crippen LogP contribution in [-0.2, 0) is 6.42 Å². The molecule has 0 atom stereocenters. The van der Waals surface area contributed by atoms with Gasteiger partial charge in [-0.25, -0.2) is 4.39 Å². The lowest BCUT2D eigenvalue weighted by molar-refractivity contribution is 0.582. The van der Waals surface area contributed by atoms with E-state index in [1.807, 2.05) is 6.92 Å². The quantitative estimate of drug-likeness (QED) is 0.804. The van der Waals surface area contributed by atoms with E-state index in [2.05, 4.69) is 0 Å². The summed E-state index contributed by atoms with van der Waals surface area (Å²) >= 11 is 6.04. The molecule has 0 saturated heterocycles. The van der Waals surface area contributed by atoms with Crippen LogP contribution in [0.15, 0.2) is 12.1 Å². The van der Waals surface area contributed by atoms with E-state index < -0.39 is 0 Å². The van der Waals surface area contributed by atoms with Crippen molar-refractivity contribution in [3.63, 3.8) is 0 Å². The van der Waals surface area contributed by atoms with Crippen LogP contribution in [0.4, 0.5) is 4.39 Å². The Morgan fingerprint density at radius 1 is 1.50 bits per heavy atom. The molecule has 0 amide bonds. The first-order valence-corrected chi connectivity index (χ1v) is 5.12. The second kappa shape index (κ2) is 3.21. The fourth-order valence-corrected chi connectivity index (χ4v) is 1.79. The minimum Gasteiger partial charge on any atom is -0.325 e. The first-order valence-electron chi connectivity index (χ1n) is 4.74. The number of halogens is 2. The molecule has 1 aliphatic carbocycles. The average Bonchev–Trinajstić information content (AvgIpc) is 2.86. The number of benzene rings is 1. The van der Waals surface area contributed by atoms with E-state index in [1.165, 1.54) is 6.07 Å². The van der Waals surface area contributed by atoms with E-state index in [0.29, 0.717) is 17.0 Å². The zero-order valence-corrected chi connectivity index (χ0v) is 8.87. The predicted octanol–water partition coefficient (Wildman–Crippen LogP) is 2.82. The van der Waals surface area contributed by atoms with Crippen molar-refractivity contribution in [1.82, 2.24) is 0 Å². The molecule has 1 saturated carbocycles. The fourth-order valence-electron chi connectivity index (χ4n) is 1.57. The van der Waals surface area contributed by atoms with Crippen molar-refractivity contribution in [3.8, 4) is 0 Å². The molecule has 1 aromatic rings. The van der Waals surface area contributed by atoms with E-state index in [9.17, 15) is 4.39 Å². The molecule has 0 unspecified atom stereocenters. The van der Waals surface area contributed by atoms with E-state index >= 15 is 0 Å². The summed E-state index contributed by atoms with van der Waals surface area (Å²) in [7, 11) is 0. The summed E-state index contributed by atoms with van der Waals surface area (Å²) < 4.78 is 13.4. The Morgan fingerprint density at radius 2 is 2.14 bits per heavy atom. The van der Waals surface area contributed by atoms with Crippen molar-refractivity contribution in [2.45, 2.75) is 31.7 Å². The van der Waals surface area contributed by atoms with Crippen molar-refractivity contribution in [1.29, 1.82) is 0 Å². The largest absolute Gasteiger partial charge is 0.325 e. The molecule has 1 aromatic carbocycles. The molecular formula is C11H13ClFN. The maximum Gasteiger partial charge on any atom is 0.127 e. The van der Waals surface area contributed by atoms with Crippen molar-refractivity contribution in [3.05, 3.63) is 34.1 Å². The van der Waals surface area contributed by atoms with Crippen molar-refractivity contribution in [2.75, 3.05) is 0 Å². The number of hydrogen-bond acceptors (Lipinski definition) is 1. The van der Waals surface area contributed by atoms with Gasteiger partial charge in [-0.1, -0.05) is 17.7 Å². The zero-order valence-electron chi connectivity index (χ0n) is 8.11. The highest BCUT2D eigenvalue weighted by molar-refractivity contribution is 6.32. The van der Waals surface area contributed by atoms with Gasteiger partial charge in [-0.15, -0.1) is 0 Å². The van der Waals surface area contributed by atoms with E-state index in [-0.39, 0.29) is 11.4 Å². The fraction of sp³-hybridized carbons (Fsp3) is 0.455. The standard InChI is InChI=1S/C11H13ClFN/c1-7-2-3-9(13)8(10(7)12)6-11(14)4-5-11/h2-3H,4-6,14H2,1H3. The highest BCUT2D eigenvalue weighted by Gasteiger charge is 2.39. The molecule has 1 nitrogen and oxygen atoms in total. The highest BCUT2D eigenvalue weighted by Crippen LogP contribution is 2.38. The van der Waals surface area contributed by atoms with Crippen LogP contribution in [-0.4, -0.2) is 5.54 Å². The monoisotopic (exact) mass is 213 g/mol. The molecule has 0 spiro atoms. The molecule has 0 aliphatic heterocycles. The maximum atomic E-state index is 13.4. The lowest BCUT2D eigenvalue weighted by atomic mass is 10.0. The van der Waals surface area contributed by atoms with E-state index in [4.69, 9.17) is 17.3 Å². The molecule has 3 heteroatoms. The van der Waals surface area contributed by atoms with Gasteiger partial charge in [0, 0.05) is 16.1 Å². The Labute approximate surface area is 88.1 Å². The Hall–Kier alpha value is -0.600. The topological polar surface area (TPSA) is 26.0 Å². The van der Waals surface area contributed by atoms with Gasteiger partial charge in [-0.3, -0.25) is 0 Å². The van der Waals surface area contributed by atoms with Gasteiger partial charge in [0.1, 0.15) is 5.82 Å². The van der Waals surface area contributed by atoms with Crippen LogP contribution in [0.1, 0.15) is 24.0 Å². The molecule has 14 heavy (non-hydrogen) atoms. The van der Waals surface area contributed by atoms with Gasteiger partial charge < -0.3 is 5.73 Å². The smallest absolute Gasteiger partial charge is 0.127 e. The summed E-state index contributed by atoms with van der Waals surface area (Å²) in [5, 5.41) is 0.529. The third-order valence-electron chi connectivity index (χ3n) is 2.80. The van der Waals surface area contributed by atoms with Gasteiger partial charge in [0.2, 0.25) is 0 Å². The molecule has 0 radical (unpaired) electrons. The van der Waals surface area contributed by atoms with Crippen LogP contribution < -0.4 is 5.73 Å². The van der Waals surface area contributed by atoms with Gasteiger partial charge >= 0.3 is 0 Å². The molecule has 1 fully saturated rings. The molecule has 2 N–H and O–H groups in total. The van der Waals surface area contributed by atoms with Crippen molar-refractivity contribution < 1.29 is 4.39 Å². The Kier molecular flexibility index (Phi) is 2.28. The Morgan fingerprint density at radius 3 is 2.71 bits per heavy atom. The number of rotatable bonds is 2. The number of aryl methyl sites for hydroxylation is 1. The zero-order chi connectivity index (χ0) is 10.3. The first-order chi connectivity index (χ1) is 6.52. The van der Waals surface area contributed by atoms with E-state index in [0.717, 1.165) is 18.4 Å². The highest BCUT2D eigenvalue weighted by atomic mass is 35.5. The van der Waals surface area contributed by atoms with Gasteiger partial charge in [0.25, 0.3) is 0 Å². The number of nitrogens with two attached hydrogens (primary N) is 1. The van der Waals surface area contributed by atoms with E-state index in [1.54, 1.807) is 6.07 Å². The minimum atomic E-state index is -0.239. The normalized spacial score (nSPS) is 18.3. The molecule has 76 valence electrons. The van der Waals surface area contributed by atoms with Gasteiger partial charge in [-0.2, -0.15) is 0 Å². The van der Waals surface area contributed by atoms with Crippen LogP contribution in [0.2, 0.25) is 5.02 Å². The summed E-state index contributed by atoms with van der Waals surface area (Å²) in [6.07, 6.45) is 2.49. The second-order valence-electron chi connectivity index (χ2n) is 4.20. The summed E-state index contributed by atoms with van der Waals surface area (Å²) in [5.74, 6) is -0.239. The molecule has 0 heterocycles. The molecule has 0 bridgehead atoms. The predicted molar refractivity (Wildman–Crippen MR) is 56.0 cm³/mol. The minimum absolute atomic E-state index is 0.196. The van der Waals surface area contributed by atoms with Crippen LogP contribution in [0.3, 0.4) is 0 Å². The first kappa shape index (κ1) is 9.94. The lowest BCUT2D eigenvalue weighted by Gasteiger charge is -2.12. The van der Waals surface area contributed by atoms with Gasteiger partial charge in [0.15, 0.2) is 0 Å².